The maximum absolute atomic E-state index is 13.2. The van der Waals surface area contributed by atoms with Crippen molar-refractivity contribution >= 4 is 18.3 Å². The number of carbonyl (C=O) groups excluding carboxylic acids is 1. The van der Waals surface area contributed by atoms with Crippen molar-refractivity contribution in [2.24, 2.45) is 0 Å². The third-order valence-corrected chi connectivity index (χ3v) is 4.34. The van der Waals surface area contributed by atoms with E-state index in [1.807, 2.05) is 0 Å². The minimum Gasteiger partial charge on any atom is -0.335 e. The first-order chi connectivity index (χ1) is 10.9. The Kier molecular flexibility index (Phi) is 8.03. The molecule has 1 N–H and O–H groups in total. The second kappa shape index (κ2) is 9.28. The predicted octanol–water partition coefficient (Wildman–Crippen LogP) is 4.01. The third-order valence-electron chi connectivity index (χ3n) is 4.34. The number of alkyl halides is 3. The van der Waals surface area contributed by atoms with E-state index in [9.17, 15) is 18.0 Å². The Morgan fingerprint density at radius 2 is 1.88 bits per heavy atom. The SMILES string of the molecule is CNCCC(=O)N(Cc1ccccc1C(F)(F)F)C1CCCC1.Cl. The molecular weight excluding hydrogens is 341 g/mol. The van der Waals surface area contributed by atoms with Crippen LogP contribution in [0.2, 0.25) is 0 Å². The van der Waals surface area contributed by atoms with Gasteiger partial charge in [0.1, 0.15) is 0 Å². The van der Waals surface area contributed by atoms with Gasteiger partial charge in [0.2, 0.25) is 5.91 Å². The molecule has 0 saturated heterocycles. The van der Waals surface area contributed by atoms with Crippen LogP contribution in [0.5, 0.6) is 0 Å². The normalized spacial score (nSPS) is 15.2. The van der Waals surface area contributed by atoms with Gasteiger partial charge in [-0.2, -0.15) is 13.2 Å². The highest BCUT2D eigenvalue weighted by molar-refractivity contribution is 5.85. The van der Waals surface area contributed by atoms with Gasteiger partial charge in [-0.05, 0) is 31.5 Å². The first kappa shape index (κ1) is 20.8. The van der Waals surface area contributed by atoms with E-state index in [2.05, 4.69) is 5.32 Å². The van der Waals surface area contributed by atoms with Gasteiger partial charge < -0.3 is 10.2 Å². The van der Waals surface area contributed by atoms with Gasteiger partial charge >= 0.3 is 6.18 Å². The van der Waals surface area contributed by atoms with Crippen molar-refractivity contribution in [3.05, 3.63) is 35.4 Å². The molecule has 1 fully saturated rings. The summed E-state index contributed by atoms with van der Waals surface area (Å²) in [5, 5.41) is 2.92. The first-order valence-electron chi connectivity index (χ1n) is 8.02. The van der Waals surface area contributed by atoms with E-state index in [4.69, 9.17) is 0 Å². The summed E-state index contributed by atoms with van der Waals surface area (Å²) in [5.41, 5.74) is -0.478. The average Bonchev–Trinajstić information content (AvgIpc) is 3.03. The predicted molar refractivity (Wildman–Crippen MR) is 90.0 cm³/mol. The highest BCUT2D eigenvalue weighted by Gasteiger charge is 2.34. The van der Waals surface area contributed by atoms with Crippen LogP contribution in [0.4, 0.5) is 13.2 Å². The first-order valence-corrected chi connectivity index (χ1v) is 8.02. The molecule has 0 bridgehead atoms. The van der Waals surface area contributed by atoms with E-state index < -0.39 is 11.7 Å². The molecule has 1 aromatic carbocycles. The monoisotopic (exact) mass is 364 g/mol. The molecule has 1 saturated carbocycles. The molecule has 2 rings (SSSR count). The number of nitrogens with one attached hydrogen (secondary N) is 1. The van der Waals surface area contributed by atoms with Crippen LogP contribution in [0, 0.1) is 0 Å². The lowest BCUT2D eigenvalue weighted by Gasteiger charge is -2.30. The van der Waals surface area contributed by atoms with Crippen molar-refractivity contribution in [2.75, 3.05) is 13.6 Å². The number of hydrogen-bond donors (Lipinski definition) is 1. The zero-order valence-electron chi connectivity index (χ0n) is 13.7. The van der Waals surface area contributed by atoms with Crippen LogP contribution >= 0.6 is 12.4 Å². The summed E-state index contributed by atoms with van der Waals surface area (Å²) in [6.45, 7) is 0.561. The quantitative estimate of drug-likeness (QED) is 0.827. The average molecular weight is 365 g/mol. The Morgan fingerprint density at radius 3 is 2.46 bits per heavy atom. The van der Waals surface area contributed by atoms with E-state index in [-0.39, 0.29) is 36.5 Å². The van der Waals surface area contributed by atoms with E-state index >= 15 is 0 Å². The van der Waals surface area contributed by atoms with Gasteiger partial charge in [-0.3, -0.25) is 4.79 Å². The molecule has 136 valence electrons. The Bertz CT molecular complexity index is 531. The summed E-state index contributed by atoms with van der Waals surface area (Å²) in [6.07, 6.45) is -0.283. The molecule has 0 aliphatic heterocycles. The van der Waals surface area contributed by atoms with Crippen molar-refractivity contribution < 1.29 is 18.0 Å². The van der Waals surface area contributed by atoms with E-state index in [0.29, 0.717) is 13.0 Å². The zero-order chi connectivity index (χ0) is 16.9. The van der Waals surface area contributed by atoms with Crippen molar-refractivity contribution in [3.8, 4) is 0 Å². The second-order valence-corrected chi connectivity index (χ2v) is 5.97. The molecule has 1 aliphatic carbocycles. The van der Waals surface area contributed by atoms with Gasteiger partial charge in [0.25, 0.3) is 0 Å². The molecule has 3 nitrogen and oxygen atoms in total. The van der Waals surface area contributed by atoms with Gasteiger partial charge in [-0.15, -0.1) is 12.4 Å². The smallest absolute Gasteiger partial charge is 0.335 e. The van der Waals surface area contributed by atoms with Crippen molar-refractivity contribution in [3.63, 3.8) is 0 Å². The Balaban J connectivity index is 0.00000288. The van der Waals surface area contributed by atoms with Crippen LogP contribution < -0.4 is 5.32 Å². The molecular formula is C17H24ClF3N2O. The van der Waals surface area contributed by atoms with Gasteiger partial charge in [0.15, 0.2) is 0 Å². The van der Waals surface area contributed by atoms with E-state index in [1.54, 1.807) is 18.0 Å². The number of amides is 1. The third kappa shape index (κ3) is 5.38. The molecule has 1 aliphatic rings. The van der Waals surface area contributed by atoms with Crippen LogP contribution in [0.25, 0.3) is 0 Å². The van der Waals surface area contributed by atoms with Gasteiger partial charge in [-0.25, -0.2) is 0 Å². The second-order valence-electron chi connectivity index (χ2n) is 5.97. The summed E-state index contributed by atoms with van der Waals surface area (Å²) in [5.74, 6) is -0.0803. The number of carbonyl (C=O) groups is 1. The van der Waals surface area contributed by atoms with Crippen LogP contribution in [-0.4, -0.2) is 30.4 Å². The summed E-state index contributed by atoms with van der Waals surface area (Å²) < 4.78 is 39.5. The van der Waals surface area contributed by atoms with Gasteiger partial charge in [-0.1, -0.05) is 31.0 Å². The minimum absolute atomic E-state index is 0. The number of benzene rings is 1. The molecule has 0 unspecified atom stereocenters. The molecule has 0 aromatic heterocycles. The van der Waals surface area contributed by atoms with E-state index in [1.165, 1.54) is 12.1 Å². The number of hydrogen-bond acceptors (Lipinski definition) is 2. The number of nitrogens with zero attached hydrogens (tertiary/aromatic N) is 1. The summed E-state index contributed by atoms with van der Waals surface area (Å²) in [7, 11) is 1.76. The Hall–Kier alpha value is -1.27. The fraction of sp³-hybridized carbons (Fsp3) is 0.588. The molecule has 0 radical (unpaired) electrons. The van der Waals surface area contributed by atoms with Crippen molar-refractivity contribution in [1.29, 1.82) is 0 Å². The fourth-order valence-electron chi connectivity index (χ4n) is 3.13. The lowest BCUT2D eigenvalue weighted by atomic mass is 10.0. The van der Waals surface area contributed by atoms with Crippen molar-refractivity contribution in [2.45, 2.75) is 50.9 Å². The van der Waals surface area contributed by atoms with Gasteiger partial charge in [0, 0.05) is 25.6 Å². The Labute approximate surface area is 147 Å². The molecule has 0 heterocycles. The topological polar surface area (TPSA) is 32.3 Å². The van der Waals surface area contributed by atoms with Crippen LogP contribution in [0.3, 0.4) is 0 Å². The minimum atomic E-state index is -4.40. The zero-order valence-corrected chi connectivity index (χ0v) is 14.6. The fourth-order valence-corrected chi connectivity index (χ4v) is 3.13. The molecule has 0 atom stereocenters. The van der Waals surface area contributed by atoms with Crippen molar-refractivity contribution in [1.82, 2.24) is 10.2 Å². The molecule has 24 heavy (non-hydrogen) atoms. The molecule has 7 heteroatoms. The summed E-state index contributed by atoms with van der Waals surface area (Å²) in [6, 6.07) is 5.58. The lowest BCUT2D eigenvalue weighted by Crippen LogP contribution is -2.39. The standard InChI is InChI=1S/C17H23F3N2O.ClH/c1-21-11-10-16(23)22(14-7-3-4-8-14)12-13-6-2-5-9-15(13)17(18,19)20;/h2,5-6,9,14,21H,3-4,7-8,10-12H2,1H3;1H. The van der Waals surface area contributed by atoms with Gasteiger partial charge in [0.05, 0.1) is 5.56 Å². The number of halogens is 4. The maximum Gasteiger partial charge on any atom is 0.416 e. The highest BCUT2D eigenvalue weighted by atomic mass is 35.5. The molecule has 1 aromatic rings. The molecule has 0 spiro atoms. The maximum atomic E-state index is 13.2. The largest absolute Gasteiger partial charge is 0.416 e. The summed E-state index contributed by atoms with van der Waals surface area (Å²) in [4.78, 5) is 14.1. The highest BCUT2D eigenvalue weighted by Crippen LogP contribution is 2.33. The number of rotatable bonds is 6. The van der Waals surface area contributed by atoms with E-state index in [0.717, 1.165) is 31.7 Å². The molecule has 1 amide bonds. The van der Waals surface area contributed by atoms with Crippen LogP contribution in [-0.2, 0) is 17.5 Å². The van der Waals surface area contributed by atoms with Crippen LogP contribution in [0.15, 0.2) is 24.3 Å². The Morgan fingerprint density at radius 1 is 1.25 bits per heavy atom. The lowest BCUT2D eigenvalue weighted by molar-refractivity contribution is -0.140. The summed E-state index contributed by atoms with van der Waals surface area (Å²) >= 11 is 0. The van der Waals surface area contributed by atoms with Crippen LogP contribution in [0.1, 0.15) is 43.2 Å².